The summed E-state index contributed by atoms with van der Waals surface area (Å²) >= 11 is 5.92. The van der Waals surface area contributed by atoms with Crippen molar-refractivity contribution in [1.29, 1.82) is 0 Å². The van der Waals surface area contributed by atoms with E-state index in [9.17, 15) is 9.90 Å². The quantitative estimate of drug-likeness (QED) is 0.797. The van der Waals surface area contributed by atoms with Crippen LogP contribution in [0.25, 0.3) is 22.8 Å². The monoisotopic (exact) mass is 300 g/mol. The molecule has 6 heteroatoms. The lowest BCUT2D eigenvalue weighted by Crippen LogP contribution is -1.99. The number of halogens is 1. The van der Waals surface area contributed by atoms with Crippen LogP contribution in [0.4, 0.5) is 0 Å². The van der Waals surface area contributed by atoms with Crippen LogP contribution in [-0.2, 0) is 0 Å². The van der Waals surface area contributed by atoms with Crippen LogP contribution in [0.15, 0.2) is 53.1 Å². The van der Waals surface area contributed by atoms with Crippen molar-refractivity contribution in [1.82, 2.24) is 10.1 Å². The average molecular weight is 301 g/mol. The predicted molar refractivity (Wildman–Crippen MR) is 77.1 cm³/mol. The van der Waals surface area contributed by atoms with Crippen LogP contribution in [0.5, 0.6) is 0 Å². The number of benzene rings is 2. The van der Waals surface area contributed by atoms with Gasteiger partial charge in [0.25, 0.3) is 5.89 Å². The highest BCUT2D eigenvalue weighted by Crippen LogP contribution is 2.26. The lowest BCUT2D eigenvalue weighted by molar-refractivity contribution is 0.0697. The van der Waals surface area contributed by atoms with Gasteiger partial charge in [0.05, 0.1) is 11.1 Å². The summed E-state index contributed by atoms with van der Waals surface area (Å²) in [5.41, 5.74) is 1.19. The van der Waals surface area contributed by atoms with E-state index in [1.165, 1.54) is 6.07 Å². The smallest absolute Gasteiger partial charge is 0.336 e. The van der Waals surface area contributed by atoms with Gasteiger partial charge in [-0.05, 0) is 24.3 Å². The highest BCUT2D eigenvalue weighted by atomic mass is 35.5. The van der Waals surface area contributed by atoms with E-state index in [1.54, 1.807) is 42.5 Å². The third-order valence-electron chi connectivity index (χ3n) is 2.90. The average Bonchev–Trinajstić information content (AvgIpc) is 2.97. The standard InChI is InChI=1S/C15H9ClN2O3/c16-10-5-3-4-9(8-10)13-17-14(21-18-13)11-6-1-2-7-12(11)15(19)20/h1-8H,(H,19,20). The Balaban J connectivity index is 2.05. The van der Waals surface area contributed by atoms with Crippen molar-refractivity contribution in [2.24, 2.45) is 0 Å². The summed E-state index contributed by atoms with van der Waals surface area (Å²) in [6, 6.07) is 13.5. The van der Waals surface area contributed by atoms with E-state index >= 15 is 0 Å². The molecular weight excluding hydrogens is 292 g/mol. The van der Waals surface area contributed by atoms with E-state index in [0.29, 0.717) is 22.0 Å². The second-order valence-electron chi connectivity index (χ2n) is 4.28. The van der Waals surface area contributed by atoms with Gasteiger partial charge in [-0.1, -0.05) is 41.0 Å². The molecule has 0 saturated carbocycles. The molecule has 0 aliphatic carbocycles. The lowest BCUT2D eigenvalue weighted by Gasteiger charge is -1.99. The Morgan fingerprint density at radius 2 is 1.95 bits per heavy atom. The van der Waals surface area contributed by atoms with Crippen molar-refractivity contribution in [3.8, 4) is 22.8 Å². The summed E-state index contributed by atoms with van der Waals surface area (Å²) < 4.78 is 5.17. The zero-order chi connectivity index (χ0) is 14.8. The van der Waals surface area contributed by atoms with E-state index in [0.717, 1.165) is 0 Å². The maximum atomic E-state index is 11.2. The van der Waals surface area contributed by atoms with E-state index in [4.69, 9.17) is 16.1 Å². The molecule has 1 heterocycles. The Bertz CT molecular complexity index is 814. The molecule has 21 heavy (non-hydrogen) atoms. The van der Waals surface area contributed by atoms with Crippen LogP contribution < -0.4 is 0 Å². The number of carboxylic acid groups (broad SMARTS) is 1. The van der Waals surface area contributed by atoms with E-state index < -0.39 is 5.97 Å². The minimum absolute atomic E-state index is 0.110. The topological polar surface area (TPSA) is 76.2 Å². The largest absolute Gasteiger partial charge is 0.478 e. The molecule has 3 aromatic rings. The maximum Gasteiger partial charge on any atom is 0.336 e. The molecule has 0 aliphatic heterocycles. The number of carbonyl (C=O) groups is 1. The molecule has 0 amide bonds. The molecule has 0 spiro atoms. The zero-order valence-corrected chi connectivity index (χ0v) is 11.4. The minimum atomic E-state index is -1.05. The van der Waals surface area contributed by atoms with Crippen LogP contribution in [-0.4, -0.2) is 21.2 Å². The fourth-order valence-corrected chi connectivity index (χ4v) is 2.12. The van der Waals surface area contributed by atoms with Crippen LogP contribution in [0.2, 0.25) is 5.02 Å². The van der Waals surface area contributed by atoms with Gasteiger partial charge in [-0.3, -0.25) is 0 Å². The Kier molecular flexibility index (Phi) is 3.41. The first-order chi connectivity index (χ1) is 10.1. The van der Waals surface area contributed by atoms with Crippen molar-refractivity contribution < 1.29 is 14.4 Å². The number of carboxylic acids is 1. The minimum Gasteiger partial charge on any atom is -0.478 e. The molecule has 0 aliphatic rings. The first kappa shape index (κ1) is 13.3. The van der Waals surface area contributed by atoms with Crippen LogP contribution >= 0.6 is 11.6 Å². The zero-order valence-electron chi connectivity index (χ0n) is 10.7. The molecule has 3 rings (SSSR count). The highest BCUT2D eigenvalue weighted by Gasteiger charge is 2.17. The lowest BCUT2D eigenvalue weighted by atomic mass is 10.1. The maximum absolute atomic E-state index is 11.2. The summed E-state index contributed by atoms with van der Waals surface area (Å²) in [6.45, 7) is 0. The fraction of sp³-hybridized carbons (Fsp3) is 0. The summed E-state index contributed by atoms with van der Waals surface area (Å²) in [5, 5.41) is 13.6. The molecule has 1 aromatic heterocycles. The van der Waals surface area contributed by atoms with Crippen molar-refractivity contribution in [3.63, 3.8) is 0 Å². The number of rotatable bonds is 3. The molecule has 0 radical (unpaired) electrons. The second-order valence-corrected chi connectivity index (χ2v) is 4.72. The molecule has 0 bridgehead atoms. The van der Waals surface area contributed by atoms with Crippen LogP contribution in [0.3, 0.4) is 0 Å². The Morgan fingerprint density at radius 3 is 2.71 bits per heavy atom. The molecule has 0 saturated heterocycles. The van der Waals surface area contributed by atoms with Gasteiger partial charge in [0, 0.05) is 10.6 Å². The summed E-state index contributed by atoms with van der Waals surface area (Å²) in [4.78, 5) is 15.4. The van der Waals surface area contributed by atoms with Gasteiger partial charge in [-0.25, -0.2) is 4.79 Å². The number of aromatic carboxylic acids is 1. The second kappa shape index (κ2) is 5.38. The normalized spacial score (nSPS) is 10.5. The molecule has 1 N–H and O–H groups in total. The third-order valence-corrected chi connectivity index (χ3v) is 3.13. The van der Waals surface area contributed by atoms with Crippen LogP contribution in [0, 0.1) is 0 Å². The Labute approximate surface area is 124 Å². The van der Waals surface area contributed by atoms with Crippen molar-refractivity contribution in [3.05, 3.63) is 59.1 Å². The van der Waals surface area contributed by atoms with Gasteiger partial charge in [0.1, 0.15) is 0 Å². The molecule has 2 aromatic carbocycles. The van der Waals surface area contributed by atoms with Crippen molar-refractivity contribution >= 4 is 17.6 Å². The first-order valence-corrected chi connectivity index (χ1v) is 6.45. The van der Waals surface area contributed by atoms with Gasteiger partial charge in [0.15, 0.2) is 0 Å². The molecule has 104 valence electrons. The highest BCUT2D eigenvalue weighted by molar-refractivity contribution is 6.30. The van der Waals surface area contributed by atoms with Gasteiger partial charge in [0.2, 0.25) is 5.82 Å². The molecule has 5 nitrogen and oxygen atoms in total. The number of aromatic nitrogens is 2. The van der Waals surface area contributed by atoms with Crippen molar-refractivity contribution in [2.75, 3.05) is 0 Å². The molecule has 0 unspecified atom stereocenters. The van der Waals surface area contributed by atoms with Gasteiger partial charge in [-0.15, -0.1) is 0 Å². The Hall–Kier alpha value is -2.66. The molecule has 0 fully saturated rings. The molecular formula is C15H9ClN2O3. The van der Waals surface area contributed by atoms with Gasteiger partial charge >= 0.3 is 5.97 Å². The molecule has 0 atom stereocenters. The van der Waals surface area contributed by atoms with Gasteiger partial charge in [-0.2, -0.15) is 4.98 Å². The fourth-order valence-electron chi connectivity index (χ4n) is 1.93. The van der Waals surface area contributed by atoms with E-state index in [-0.39, 0.29) is 11.5 Å². The summed E-state index contributed by atoms with van der Waals surface area (Å²) in [6.07, 6.45) is 0. The van der Waals surface area contributed by atoms with Crippen molar-refractivity contribution in [2.45, 2.75) is 0 Å². The van der Waals surface area contributed by atoms with Gasteiger partial charge < -0.3 is 9.63 Å². The summed E-state index contributed by atoms with van der Waals surface area (Å²) in [5.74, 6) is -0.538. The SMILES string of the molecule is O=C(O)c1ccccc1-c1nc(-c2cccc(Cl)c2)no1. The number of hydrogen-bond acceptors (Lipinski definition) is 4. The van der Waals surface area contributed by atoms with E-state index in [1.807, 2.05) is 0 Å². The number of hydrogen-bond donors (Lipinski definition) is 1. The first-order valence-electron chi connectivity index (χ1n) is 6.07. The Morgan fingerprint density at radius 1 is 1.14 bits per heavy atom. The summed E-state index contributed by atoms with van der Waals surface area (Å²) in [7, 11) is 0. The third kappa shape index (κ3) is 2.64. The van der Waals surface area contributed by atoms with Crippen LogP contribution in [0.1, 0.15) is 10.4 Å². The number of nitrogens with zero attached hydrogens (tertiary/aromatic N) is 2. The van der Waals surface area contributed by atoms with E-state index in [2.05, 4.69) is 10.1 Å². The predicted octanol–water partition coefficient (Wildman–Crippen LogP) is 3.76.